The van der Waals surface area contributed by atoms with Gasteiger partial charge in [0, 0.05) is 10.9 Å². The quantitative estimate of drug-likeness (QED) is 0.844. The van der Waals surface area contributed by atoms with Crippen molar-refractivity contribution in [2.45, 2.75) is 26.8 Å². The second kappa shape index (κ2) is 3.83. The summed E-state index contributed by atoms with van der Waals surface area (Å²) in [4.78, 5) is 0. The molecule has 1 aromatic heterocycles. The first-order chi connectivity index (χ1) is 7.54. The zero-order valence-corrected chi connectivity index (χ0v) is 10.1. The summed E-state index contributed by atoms with van der Waals surface area (Å²) in [6.45, 7) is 5.99. The lowest BCUT2D eigenvalue weighted by Crippen LogP contribution is -2.04. The van der Waals surface area contributed by atoms with Crippen molar-refractivity contribution in [1.29, 1.82) is 0 Å². The largest absolute Gasteiger partial charge is 0.493 e. The van der Waals surface area contributed by atoms with Crippen LogP contribution in [-0.2, 0) is 0 Å². The molecule has 0 saturated carbocycles. The van der Waals surface area contributed by atoms with Crippen molar-refractivity contribution in [3.63, 3.8) is 0 Å². The fourth-order valence-electron chi connectivity index (χ4n) is 2.03. The molecule has 0 spiro atoms. The van der Waals surface area contributed by atoms with E-state index in [1.54, 1.807) is 7.11 Å². The molecule has 0 saturated heterocycles. The summed E-state index contributed by atoms with van der Waals surface area (Å²) in [5.74, 6) is 1.60. The van der Waals surface area contributed by atoms with Crippen LogP contribution in [0.4, 0.5) is 0 Å². The Kier molecular flexibility index (Phi) is 2.64. The lowest BCUT2D eigenvalue weighted by Gasteiger charge is -2.02. The number of furan rings is 1. The van der Waals surface area contributed by atoms with Crippen molar-refractivity contribution >= 4 is 11.0 Å². The van der Waals surface area contributed by atoms with Crippen molar-refractivity contribution in [3.8, 4) is 5.75 Å². The van der Waals surface area contributed by atoms with Gasteiger partial charge in [-0.3, -0.25) is 0 Å². The van der Waals surface area contributed by atoms with Crippen LogP contribution in [0.5, 0.6) is 5.75 Å². The van der Waals surface area contributed by atoms with E-state index in [0.717, 1.165) is 33.6 Å². The van der Waals surface area contributed by atoms with E-state index >= 15 is 0 Å². The number of rotatable bonds is 2. The minimum absolute atomic E-state index is 0.0996. The number of benzene rings is 1. The fourth-order valence-corrected chi connectivity index (χ4v) is 2.03. The first-order valence-corrected chi connectivity index (χ1v) is 5.37. The molecule has 1 aromatic carbocycles. The summed E-state index contributed by atoms with van der Waals surface area (Å²) in [6, 6.07) is 3.97. The maximum absolute atomic E-state index is 5.87. The molecule has 3 heteroatoms. The van der Waals surface area contributed by atoms with Crippen LogP contribution in [0, 0.1) is 13.8 Å². The smallest absolute Gasteiger partial charge is 0.176 e. The second-order valence-electron chi connectivity index (χ2n) is 4.22. The molecule has 1 atom stereocenters. The molecule has 0 fully saturated rings. The van der Waals surface area contributed by atoms with Crippen LogP contribution in [0.1, 0.15) is 29.9 Å². The highest BCUT2D eigenvalue weighted by atomic mass is 16.5. The normalized spacial score (nSPS) is 13.1. The molecule has 86 valence electrons. The zero-order chi connectivity index (χ0) is 11.9. The molecule has 2 rings (SSSR count). The van der Waals surface area contributed by atoms with Gasteiger partial charge in [0.05, 0.1) is 13.2 Å². The Bertz CT molecular complexity index is 526. The van der Waals surface area contributed by atoms with Gasteiger partial charge in [0.25, 0.3) is 0 Å². The topological polar surface area (TPSA) is 48.4 Å². The average Bonchev–Trinajstić information content (AvgIpc) is 2.55. The molecule has 0 bridgehead atoms. The SMILES string of the molecule is COc1cc(C)cc2c(C)c([C@@H](C)N)oc12. The predicted octanol–water partition coefficient (Wildman–Crippen LogP) is 3.08. The third kappa shape index (κ3) is 1.57. The summed E-state index contributed by atoms with van der Waals surface area (Å²) < 4.78 is 11.1. The third-order valence-corrected chi connectivity index (χ3v) is 2.82. The van der Waals surface area contributed by atoms with Crippen molar-refractivity contribution in [3.05, 3.63) is 29.0 Å². The van der Waals surface area contributed by atoms with Gasteiger partial charge in [-0.2, -0.15) is 0 Å². The molecule has 0 radical (unpaired) electrons. The van der Waals surface area contributed by atoms with Gasteiger partial charge in [-0.15, -0.1) is 0 Å². The summed E-state index contributed by atoms with van der Waals surface area (Å²) in [7, 11) is 1.65. The Morgan fingerprint density at radius 1 is 1.31 bits per heavy atom. The van der Waals surface area contributed by atoms with E-state index in [1.165, 1.54) is 0 Å². The van der Waals surface area contributed by atoms with Crippen LogP contribution >= 0.6 is 0 Å². The van der Waals surface area contributed by atoms with E-state index in [-0.39, 0.29) is 6.04 Å². The molecule has 16 heavy (non-hydrogen) atoms. The van der Waals surface area contributed by atoms with Crippen LogP contribution in [0.25, 0.3) is 11.0 Å². The van der Waals surface area contributed by atoms with Crippen LogP contribution in [0.2, 0.25) is 0 Å². The van der Waals surface area contributed by atoms with Gasteiger partial charge in [0.2, 0.25) is 0 Å². The lowest BCUT2D eigenvalue weighted by molar-refractivity contribution is 0.405. The Morgan fingerprint density at radius 2 is 2.00 bits per heavy atom. The number of nitrogens with two attached hydrogens (primary N) is 1. The van der Waals surface area contributed by atoms with Gasteiger partial charge in [-0.05, 0) is 38.5 Å². The van der Waals surface area contributed by atoms with E-state index in [2.05, 4.69) is 6.07 Å². The number of methoxy groups -OCH3 is 1. The average molecular weight is 219 g/mol. The van der Waals surface area contributed by atoms with Gasteiger partial charge < -0.3 is 14.9 Å². The summed E-state index contributed by atoms with van der Waals surface area (Å²) in [6.07, 6.45) is 0. The lowest BCUT2D eigenvalue weighted by atomic mass is 10.1. The van der Waals surface area contributed by atoms with E-state index in [0.29, 0.717) is 0 Å². The van der Waals surface area contributed by atoms with Gasteiger partial charge >= 0.3 is 0 Å². The van der Waals surface area contributed by atoms with E-state index in [4.69, 9.17) is 14.9 Å². The highest BCUT2D eigenvalue weighted by Gasteiger charge is 2.16. The first kappa shape index (κ1) is 11.0. The first-order valence-electron chi connectivity index (χ1n) is 5.37. The van der Waals surface area contributed by atoms with Crippen LogP contribution < -0.4 is 10.5 Å². The summed E-state index contributed by atoms with van der Waals surface area (Å²) in [5, 5.41) is 1.09. The van der Waals surface area contributed by atoms with Gasteiger partial charge in [-0.1, -0.05) is 0 Å². The van der Waals surface area contributed by atoms with Crippen molar-refractivity contribution < 1.29 is 9.15 Å². The third-order valence-electron chi connectivity index (χ3n) is 2.82. The molecule has 0 aliphatic carbocycles. The molecule has 0 aliphatic heterocycles. The highest BCUT2D eigenvalue weighted by Crippen LogP contribution is 2.35. The second-order valence-corrected chi connectivity index (χ2v) is 4.22. The number of ether oxygens (including phenoxy) is 1. The molecule has 2 aromatic rings. The Balaban J connectivity index is 2.80. The standard InChI is InChI=1S/C13H17NO2/c1-7-5-10-8(2)12(9(3)14)16-13(10)11(6-7)15-4/h5-6,9H,14H2,1-4H3/t9-/m1/s1. The Hall–Kier alpha value is -1.48. The van der Waals surface area contributed by atoms with Gasteiger partial charge in [0.1, 0.15) is 5.76 Å². The summed E-state index contributed by atoms with van der Waals surface area (Å²) >= 11 is 0. The number of aryl methyl sites for hydroxylation is 2. The number of hydrogen-bond donors (Lipinski definition) is 1. The zero-order valence-electron chi connectivity index (χ0n) is 10.1. The van der Waals surface area contributed by atoms with E-state index in [9.17, 15) is 0 Å². The maximum atomic E-state index is 5.87. The van der Waals surface area contributed by atoms with Gasteiger partial charge in [0.15, 0.2) is 11.3 Å². The monoisotopic (exact) mass is 219 g/mol. The minimum Gasteiger partial charge on any atom is -0.493 e. The number of fused-ring (bicyclic) bond motifs is 1. The predicted molar refractivity (Wildman–Crippen MR) is 64.8 cm³/mol. The highest BCUT2D eigenvalue weighted by molar-refractivity contribution is 5.88. The molecule has 1 heterocycles. The number of hydrogen-bond acceptors (Lipinski definition) is 3. The Morgan fingerprint density at radius 3 is 2.56 bits per heavy atom. The van der Waals surface area contributed by atoms with Crippen molar-refractivity contribution in [2.24, 2.45) is 5.73 Å². The van der Waals surface area contributed by atoms with E-state index in [1.807, 2.05) is 26.8 Å². The molecule has 2 N–H and O–H groups in total. The molecule has 3 nitrogen and oxygen atoms in total. The Labute approximate surface area is 95.2 Å². The maximum Gasteiger partial charge on any atom is 0.176 e. The summed E-state index contributed by atoms with van der Waals surface area (Å²) in [5.41, 5.74) is 8.92. The molecule has 0 amide bonds. The van der Waals surface area contributed by atoms with Crippen molar-refractivity contribution in [1.82, 2.24) is 0 Å². The fraction of sp³-hybridized carbons (Fsp3) is 0.385. The molecule has 0 aliphatic rings. The van der Waals surface area contributed by atoms with Crippen LogP contribution in [0.15, 0.2) is 16.5 Å². The van der Waals surface area contributed by atoms with Crippen LogP contribution in [0.3, 0.4) is 0 Å². The molecular weight excluding hydrogens is 202 g/mol. The molecular formula is C13H17NO2. The van der Waals surface area contributed by atoms with E-state index < -0.39 is 0 Å². The van der Waals surface area contributed by atoms with Crippen LogP contribution in [-0.4, -0.2) is 7.11 Å². The minimum atomic E-state index is -0.0996. The van der Waals surface area contributed by atoms with Crippen molar-refractivity contribution in [2.75, 3.05) is 7.11 Å². The molecule has 0 unspecified atom stereocenters. The van der Waals surface area contributed by atoms with Gasteiger partial charge in [-0.25, -0.2) is 0 Å².